The van der Waals surface area contributed by atoms with Gasteiger partial charge in [-0.1, -0.05) is 17.7 Å². The Morgan fingerprint density at radius 1 is 1.15 bits per heavy atom. The van der Waals surface area contributed by atoms with Crippen LogP contribution < -0.4 is 16.2 Å². The Hall–Kier alpha value is -1.71. The molecule has 7 nitrogen and oxygen atoms in total. The molecule has 2 aliphatic rings. The van der Waals surface area contributed by atoms with Gasteiger partial charge >= 0.3 is 0 Å². The summed E-state index contributed by atoms with van der Waals surface area (Å²) in [5.74, 6) is -0.644. The Balaban J connectivity index is 1.58. The summed E-state index contributed by atoms with van der Waals surface area (Å²) in [6.45, 7) is 2.51. The van der Waals surface area contributed by atoms with Crippen molar-refractivity contribution in [2.75, 3.05) is 13.1 Å². The summed E-state index contributed by atoms with van der Waals surface area (Å²) in [6.07, 6.45) is 3.47. The van der Waals surface area contributed by atoms with Crippen molar-refractivity contribution in [3.8, 4) is 0 Å². The summed E-state index contributed by atoms with van der Waals surface area (Å²) in [6, 6.07) is 7.17. The van der Waals surface area contributed by atoms with Crippen molar-refractivity contribution < 1.29 is 13.2 Å². The normalized spacial score (nSPS) is 21.0. The third-order valence-corrected chi connectivity index (χ3v) is 6.72. The lowest BCUT2D eigenvalue weighted by Gasteiger charge is -2.31. The number of carbonyl (C=O) groups is 1. The summed E-state index contributed by atoms with van der Waals surface area (Å²) in [7, 11) is -3.59. The van der Waals surface area contributed by atoms with E-state index in [4.69, 9.17) is 12.2 Å². The quantitative estimate of drug-likeness (QED) is 0.521. The predicted octanol–water partition coefficient (Wildman–Crippen LogP) is 1.05. The zero-order valence-electron chi connectivity index (χ0n) is 14.7. The minimum atomic E-state index is -3.59. The highest BCUT2D eigenvalue weighted by Crippen LogP contribution is 2.24. The van der Waals surface area contributed by atoms with Gasteiger partial charge in [0.25, 0.3) is 0 Å². The molecule has 1 aliphatic carbocycles. The van der Waals surface area contributed by atoms with Crippen molar-refractivity contribution in [2.24, 2.45) is 5.92 Å². The standard InChI is InChI=1S/C17H24N4O3S2/c1-12-4-8-15(9-5-12)26(23,24)21-10-2-3-13(11-21)16(22)19-20-17(25)18-14-6-7-14/h4-5,8-9,13-14H,2-3,6-7,10-11H2,1H3,(H,19,22)(H2,18,20,25)/t13-/m1/s1. The van der Waals surface area contributed by atoms with Gasteiger partial charge in [-0.2, -0.15) is 4.31 Å². The molecule has 1 heterocycles. The second kappa shape index (κ2) is 7.89. The fraction of sp³-hybridized carbons (Fsp3) is 0.529. The molecule has 1 aliphatic heterocycles. The zero-order chi connectivity index (χ0) is 18.7. The van der Waals surface area contributed by atoms with Crippen molar-refractivity contribution in [2.45, 2.75) is 43.5 Å². The maximum atomic E-state index is 12.8. The van der Waals surface area contributed by atoms with Gasteiger partial charge in [0.2, 0.25) is 15.9 Å². The number of thiocarbonyl (C=S) groups is 1. The van der Waals surface area contributed by atoms with E-state index in [1.807, 2.05) is 6.92 Å². The van der Waals surface area contributed by atoms with Gasteiger partial charge in [0.05, 0.1) is 10.8 Å². The summed E-state index contributed by atoms with van der Waals surface area (Å²) in [4.78, 5) is 12.6. The Labute approximate surface area is 159 Å². The number of hydrogen-bond acceptors (Lipinski definition) is 4. The fourth-order valence-corrected chi connectivity index (χ4v) is 4.65. The minimum Gasteiger partial charge on any atom is -0.359 e. The van der Waals surface area contributed by atoms with Gasteiger partial charge in [-0.15, -0.1) is 0 Å². The van der Waals surface area contributed by atoms with Gasteiger partial charge in [-0.3, -0.25) is 15.6 Å². The number of nitrogens with one attached hydrogen (secondary N) is 3. The molecule has 1 saturated heterocycles. The molecule has 1 saturated carbocycles. The number of aryl methyl sites for hydroxylation is 1. The zero-order valence-corrected chi connectivity index (χ0v) is 16.3. The van der Waals surface area contributed by atoms with Gasteiger partial charge in [-0.25, -0.2) is 8.42 Å². The van der Waals surface area contributed by atoms with Crippen LogP contribution in [0.2, 0.25) is 0 Å². The third kappa shape index (κ3) is 4.72. The highest BCUT2D eigenvalue weighted by Gasteiger charge is 2.33. The Morgan fingerprint density at radius 2 is 1.85 bits per heavy atom. The van der Waals surface area contributed by atoms with Crippen LogP contribution in [0.3, 0.4) is 0 Å². The van der Waals surface area contributed by atoms with E-state index < -0.39 is 15.9 Å². The molecule has 3 N–H and O–H groups in total. The van der Waals surface area contributed by atoms with E-state index in [2.05, 4.69) is 16.2 Å². The molecule has 9 heteroatoms. The van der Waals surface area contributed by atoms with Crippen LogP contribution in [0.5, 0.6) is 0 Å². The topological polar surface area (TPSA) is 90.5 Å². The van der Waals surface area contributed by atoms with Crippen LogP contribution in [0.25, 0.3) is 0 Å². The summed E-state index contributed by atoms with van der Waals surface area (Å²) < 4.78 is 27.0. The first-order valence-corrected chi connectivity index (χ1v) is 10.6. The molecule has 1 aromatic carbocycles. The van der Waals surface area contributed by atoms with Gasteiger partial charge in [0.15, 0.2) is 5.11 Å². The number of rotatable bonds is 4. The monoisotopic (exact) mass is 396 g/mol. The third-order valence-electron chi connectivity index (χ3n) is 4.63. The van der Waals surface area contributed by atoms with Gasteiger partial charge < -0.3 is 5.32 Å². The summed E-state index contributed by atoms with van der Waals surface area (Å²) in [5.41, 5.74) is 6.29. The lowest BCUT2D eigenvalue weighted by atomic mass is 9.99. The van der Waals surface area contributed by atoms with E-state index in [0.717, 1.165) is 18.4 Å². The smallest absolute Gasteiger partial charge is 0.243 e. The lowest BCUT2D eigenvalue weighted by Crippen LogP contribution is -2.52. The average molecular weight is 397 g/mol. The van der Waals surface area contributed by atoms with Crippen LogP contribution in [0.15, 0.2) is 29.2 Å². The molecular weight excluding hydrogens is 372 g/mol. The van der Waals surface area contributed by atoms with Crippen LogP contribution >= 0.6 is 12.2 Å². The molecule has 1 amide bonds. The molecule has 1 atom stereocenters. The maximum absolute atomic E-state index is 12.8. The van der Waals surface area contributed by atoms with Gasteiger partial charge in [-0.05, 0) is 57.0 Å². The van der Waals surface area contributed by atoms with Crippen LogP contribution in [0, 0.1) is 12.8 Å². The lowest BCUT2D eigenvalue weighted by molar-refractivity contribution is -0.126. The van der Waals surface area contributed by atoms with E-state index in [1.165, 1.54) is 4.31 Å². The predicted molar refractivity (Wildman–Crippen MR) is 103 cm³/mol. The SMILES string of the molecule is Cc1ccc(S(=O)(=O)N2CCC[C@@H](C(=O)NNC(=S)NC3CC3)C2)cc1. The van der Waals surface area contributed by atoms with E-state index in [0.29, 0.717) is 30.5 Å². The molecule has 2 fully saturated rings. The first kappa shape index (κ1) is 19.1. The minimum absolute atomic E-state index is 0.173. The molecule has 0 bridgehead atoms. The number of hydrazine groups is 1. The van der Waals surface area contributed by atoms with Crippen LogP contribution in [-0.4, -0.2) is 42.9 Å². The number of nitrogens with zero attached hydrogens (tertiary/aromatic N) is 1. The summed E-state index contributed by atoms with van der Waals surface area (Å²) >= 11 is 5.10. The van der Waals surface area contributed by atoms with Crippen LogP contribution in [0.1, 0.15) is 31.2 Å². The molecule has 142 valence electrons. The van der Waals surface area contributed by atoms with Crippen molar-refractivity contribution >= 4 is 33.3 Å². The molecule has 1 aromatic rings. The number of benzene rings is 1. The number of amides is 1. The Bertz CT molecular complexity index is 776. The number of sulfonamides is 1. The van der Waals surface area contributed by atoms with Crippen molar-refractivity contribution in [1.29, 1.82) is 0 Å². The molecular formula is C17H24N4O3S2. The first-order chi connectivity index (χ1) is 12.4. The molecule has 3 rings (SSSR count). The van der Waals surface area contributed by atoms with Gasteiger partial charge in [0.1, 0.15) is 0 Å². The molecule has 0 unspecified atom stereocenters. The van der Waals surface area contributed by atoms with E-state index in [-0.39, 0.29) is 17.3 Å². The molecule has 0 aromatic heterocycles. The summed E-state index contributed by atoms with van der Waals surface area (Å²) in [5, 5.41) is 3.46. The average Bonchev–Trinajstić information content (AvgIpc) is 3.44. The van der Waals surface area contributed by atoms with Crippen molar-refractivity contribution in [3.63, 3.8) is 0 Å². The highest BCUT2D eigenvalue weighted by molar-refractivity contribution is 7.89. The number of carbonyl (C=O) groups excluding carboxylic acids is 1. The largest absolute Gasteiger partial charge is 0.359 e. The second-order valence-electron chi connectivity index (χ2n) is 6.88. The number of piperidine rings is 1. The molecule has 26 heavy (non-hydrogen) atoms. The number of hydrogen-bond donors (Lipinski definition) is 3. The van der Waals surface area contributed by atoms with Crippen LogP contribution in [0.4, 0.5) is 0 Å². The van der Waals surface area contributed by atoms with Crippen molar-refractivity contribution in [3.05, 3.63) is 29.8 Å². The van der Waals surface area contributed by atoms with Crippen LogP contribution in [-0.2, 0) is 14.8 Å². The first-order valence-electron chi connectivity index (χ1n) is 8.79. The maximum Gasteiger partial charge on any atom is 0.243 e. The van der Waals surface area contributed by atoms with Gasteiger partial charge in [0, 0.05) is 19.1 Å². The second-order valence-corrected chi connectivity index (χ2v) is 9.22. The highest BCUT2D eigenvalue weighted by atomic mass is 32.2. The fourth-order valence-electron chi connectivity index (χ4n) is 2.90. The molecule has 0 radical (unpaired) electrons. The molecule has 0 spiro atoms. The van der Waals surface area contributed by atoms with E-state index in [9.17, 15) is 13.2 Å². The van der Waals surface area contributed by atoms with Crippen molar-refractivity contribution in [1.82, 2.24) is 20.5 Å². The Morgan fingerprint density at radius 3 is 2.50 bits per heavy atom. The van der Waals surface area contributed by atoms with E-state index in [1.54, 1.807) is 24.3 Å². The van der Waals surface area contributed by atoms with E-state index >= 15 is 0 Å². The Kier molecular flexibility index (Phi) is 5.79.